The maximum absolute atomic E-state index is 5.80. The van der Waals surface area contributed by atoms with Crippen LogP contribution in [0.1, 0.15) is 19.3 Å². The fourth-order valence-corrected chi connectivity index (χ4v) is 2.70. The van der Waals surface area contributed by atoms with Crippen LogP contribution >= 0.6 is 0 Å². The Labute approximate surface area is 105 Å². The van der Waals surface area contributed by atoms with Crippen molar-refractivity contribution in [3.63, 3.8) is 0 Å². The van der Waals surface area contributed by atoms with Crippen LogP contribution in [0.4, 0.5) is 0 Å². The summed E-state index contributed by atoms with van der Waals surface area (Å²) in [5, 5.41) is 0. The molecule has 2 aliphatic heterocycles. The van der Waals surface area contributed by atoms with Gasteiger partial charge >= 0.3 is 0 Å². The zero-order valence-corrected chi connectivity index (χ0v) is 11.2. The highest BCUT2D eigenvalue weighted by atomic mass is 16.5. The quantitative estimate of drug-likeness (QED) is 0.728. The molecule has 100 valence electrons. The summed E-state index contributed by atoms with van der Waals surface area (Å²) in [5.74, 6) is 0. The van der Waals surface area contributed by atoms with Crippen LogP contribution in [-0.4, -0.2) is 75.5 Å². The highest BCUT2D eigenvalue weighted by Crippen LogP contribution is 2.15. The minimum absolute atomic E-state index is 0.363. The van der Waals surface area contributed by atoms with Gasteiger partial charge in [0, 0.05) is 32.8 Å². The van der Waals surface area contributed by atoms with Gasteiger partial charge in [-0.15, -0.1) is 0 Å². The van der Waals surface area contributed by atoms with Gasteiger partial charge in [0.25, 0.3) is 0 Å². The summed E-state index contributed by atoms with van der Waals surface area (Å²) in [4.78, 5) is 4.71. The van der Waals surface area contributed by atoms with Crippen LogP contribution in [0.3, 0.4) is 0 Å². The van der Waals surface area contributed by atoms with Crippen LogP contribution < -0.4 is 0 Å². The first kappa shape index (κ1) is 13.3. The van der Waals surface area contributed by atoms with Crippen molar-refractivity contribution in [2.24, 2.45) is 0 Å². The molecule has 0 radical (unpaired) electrons. The molecule has 0 aromatic rings. The first-order chi connectivity index (χ1) is 8.24. The predicted octanol–water partition coefficient (Wildman–Crippen LogP) is 0.818. The van der Waals surface area contributed by atoms with Crippen LogP contribution in [0.15, 0.2) is 0 Å². The molecule has 0 spiro atoms. The Kier molecular flexibility index (Phi) is 5.22. The summed E-state index contributed by atoms with van der Waals surface area (Å²) in [5.41, 5.74) is 0. The fraction of sp³-hybridized carbons (Fsp3) is 1.00. The summed E-state index contributed by atoms with van der Waals surface area (Å²) >= 11 is 0. The molecule has 2 unspecified atom stereocenters. The Balaban J connectivity index is 1.72. The Hall–Kier alpha value is -0.160. The van der Waals surface area contributed by atoms with Crippen molar-refractivity contribution in [1.82, 2.24) is 9.80 Å². The molecular formula is C13H26N2O2. The third-order valence-corrected chi connectivity index (χ3v) is 3.53. The summed E-state index contributed by atoms with van der Waals surface area (Å²) in [6.07, 6.45) is 4.62. The molecule has 2 rings (SSSR count). The highest BCUT2D eigenvalue weighted by Gasteiger charge is 2.24. The molecule has 2 saturated heterocycles. The topological polar surface area (TPSA) is 24.9 Å². The van der Waals surface area contributed by atoms with E-state index in [0.717, 1.165) is 39.4 Å². The molecule has 0 N–H and O–H groups in total. The standard InChI is InChI=1S/C13H26N2O2/c1-14(2)9-13-11-15(6-8-17-13)10-12-5-3-4-7-16-12/h12-13H,3-11H2,1-2H3. The summed E-state index contributed by atoms with van der Waals surface area (Å²) in [7, 11) is 4.21. The van der Waals surface area contributed by atoms with Gasteiger partial charge in [-0.2, -0.15) is 0 Å². The second kappa shape index (κ2) is 6.69. The Morgan fingerprint density at radius 1 is 1.12 bits per heavy atom. The number of rotatable bonds is 4. The number of likely N-dealkylation sites (N-methyl/N-ethyl adjacent to an activating group) is 1. The van der Waals surface area contributed by atoms with Crippen molar-refractivity contribution >= 4 is 0 Å². The molecule has 4 nitrogen and oxygen atoms in total. The second-order valence-corrected chi connectivity index (χ2v) is 5.50. The molecule has 2 aliphatic rings. The lowest BCUT2D eigenvalue weighted by Crippen LogP contribution is -2.49. The highest BCUT2D eigenvalue weighted by molar-refractivity contribution is 4.77. The van der Waals surface area contributed by atoms with E-state index in [0.29, 0.717) is 12.2 Å². The molecular weight excluding hydrogens is 216 g/mol. The molecule has 0 aromatic carbocycles. The number of hydrogen-bond acceptors (Lipinski definition) is 4. The third kappa shape index (κ3) is 4.54. The normalized spacial score (nSPS) is 31.9. The zero-order chi connectivity index (χ0) is 12.1. The van der Waals surface area contributed by atoms with Gasteiger partial charge in [0.2, 0.25) is 0 Å². The smallest absolute Gasteiger partial charge is 0.0829 e. The first-order valence-electron chi connectivity index (χ1n) is 6.84. The van der Waals surface area contributed by atoms with Gasteiger partial charge in [-0.1, -0.05) is 0 Å². The molecule has 0 bridgehead atoms. The van der Waals surface area contributed by atoms with Gasteiger partial charge in [0.15, 0.2) is 0 Å². The molecule has 0 saturated carbocycles. The van der Waals surface area contributed by atoms with E-state index in [1.165, 1.54) is 19.3 Å². The largest absolute Gasteiger partial charge is 0.377 e. The average molecular weight is 242 g/mol. The van der Waals surface area contributed by atoms with E-state index in [1.54, 1.807) is 0 Å². The van der Waals surface area contributed by atoms with Crippen LogP contribution in [0, 0.1) is 0 Å². The number of ether oxygens (including phenoxy) is 2. The molecule has 2 atom stereocenters. The van der Waals surface area contributed by atoms with E-state index in [9.17, 15) is 0 Å². The maximum Gasteiger partial charge on any atom is 0.0829 e. The lowest BCUT2D eigenvalue weighted by molar-refractivity contribution is -0.0650. The molecule has 2 heterocycles. The lowest BCUT2D eigenvalue weighted by Gasteiger charge is -2.36. The van der Waals surface area contributed by atoms with Crippen molar-refractivity contribution in [1.29, 1.82) is 0 Å². The Morgan fingerprint density at radius 2 is 1.94 bits per heavy atom. The first-order valence-corrected chi connectivity index (χ1v) is 6.84. The van der Waals surface area contributed by atoms with E-state index >= 15 is 0 Å². The lowest BCUT2D eigenvalue weighted by atomic mass is 10.1. The van der Waals surface area contributed by atoms with Gasteiger partial charge in [-0.25, -0.2) is 0 Å². The summed E-state index contributed by atoms with van der Waals surface area (Å²) < 4.78 is 11.6. The third-order valence-electron chi connectivity index (χ3n) is 3.53. The van der Waals surface area contributed by atoms with Gasteiger partial charge in [0.1, 0.15) is 0 Å². The second-order valence-electron chi connectivity index (χ2n) is 5.50. The van der Waals surface area contributed by atoms with Gasteiger partial charge in [-0.3, -0.25) is 4.90 Å². The molecule has 0 aliphatic carbocycles. The molecule has 17 heavy (non-hydrogen) atoms. The minimum atomic E-state index is 0.363. The summed E-state index contributed by atoms with van der Waals surface area (Å²) in [6.45, 7) is 6.04. The molecule has 0 aromatic heterocycles. The average Bonchev–Trinajstić information content (AvgIpc) is 2.30. The number of nitrogens with zero attached hydrogens (tertiary/aromatic N) is 2. The van der Waals surface area contributed by atoms with Crippen molar-refractivity contribution < 1.29 is 9.47 Å². The van der Waals surface area contributed by atoms with E-state index < -0.39 is 0 Å². The van der Waals surface area contributed by atoms with Gasteiger partial charge < -0.3 is 14.4 Å². The van der Waals surface area contributed by atoms with Gasteiger partial charge in [0.05, 0.1) is 18.8 Å². The van der Waals surface area contributed by atoms with Crippen LogP contribution in [0.2, 0.25) is 0 Å². The van der Waals surface area contributed by atoms with Gasteiger partial charge in [-0.05, 0) is 33.4 Å². The zero-order valence-electron chi connectivity index (χ0n) is 11.2. The molecule has 2 fully saturated rings. The van der Waals surface area contributed by atoms with E-state index in [4.69, 9.17) is 9.47 Å². The van der Waals surface area contributed by atoms with Crippen molar-refractivity contribution in [2.75, 3.05) is 53.5 Å². The van der Waals surface area contributed by atoms with Crippen LogP contribution in [-0.2, 0) is 9.47 Å². The molecule has 4 heteroatoms. The van der Waals surface area contributed by atoms with Crippen molar-refractivity contribution in [3.8, 4) is 0 Å². The maximum atomic E-state index is 5.80. The number of hydrogen-bond donors (Lipinski definition) is 0. The molecule has 0 amide bonds. The van der Waals surface area contributed by atoms with Crippen molar-refractivity contribution in [3.05, 3.63) is 0 Å². The van der Waals surface area contributed by atoms with E-state index in [1.807, 2.05) is 0 Å². The Morgan fingerprint density at radius 3 is 2.65 bits per heavy atom. The monoisotopic (exact) mass is 242 g/mol. The van der Waals surface area contributed by atoms with Crippen LogP contribution in [0.25, 0.3) is 0 Å². The van der Waals surface area contributed by atoms with Crippen LogP contribution in [0.5, 0.6) is 0 Å². The number of morpholine rings is 1. The SMILES string of the molecule is CN(C)CC1CN(CC2CCCCO2)CCO1. The summed E-state index contributed by atoms with van der Waals surface area (Å²) in [6, 6.07) is 0. The van der Waals surface area contributed by atoms with Crippen molar-refractivity contribution in [2.45, 2.75) is 31.5 Å². The van der Waals surface area contributed by atoms with E-state index in [-0.39, 0.29) is 0 Å². The van der Waals surface area contributed by atoms with E-state index in [2.05, 4.69) is 23.9 Å². The minimum Gasteiger partial charge on any atom is -0.377 e. The fourth-order valence-electron chi connectivity index (χ4n) is 2.70. The predicted molar refractivity (Wildman–Crippen MR) is 68.3 cm³/mol. The Bertz CT molecular complexity index is 217.